The van der Waals surface area contributed by atoms with E-state index in [-0.39, 0.29) is 11.9 Å². The van der Waals surface area contributed by atoms with Gasteiger partial charge in [-0.15, -0.1) is 0 Å². The van der Waals surface area contributed by atoms with Crippen molar-refractivity contribution < 1.29 is 4.79 Å². The van der Waals surface area contributed by atoms with E-state index in [4.69, 9.17) is 0 Å². The lowest BCUT2D eigenvalue weighted by atomic mass is 9.85. The van der Waals surface area contributed by atoms with Crippen LogP contribution in [0.25, 0.3) is 10.9 Å². The lowest BCUT2D eigenvalue weighted by Crippen LogP contribution is -2.44. The summed E-state index contributed by atoms with van der Waals surface area (Å²) in [5, 5.41) is 4.54. The molecule has 0 saturated carbocycles. The molecule has 1 amide bonds. The topological polar surface area (TPSA) is 58.1 Å². The highest BCUT2D eigenvalue weighted by atomic mass is 16.2. The molecule has 5 heteroatoms. The van der Waals surface area contributed by atoms with Gasteiger partial charge in [0.2, 0.25) is 5.91 Å². The average molecular weight is 417 g/mol. The maximum Gasteiger partial charge on any atom is 0.225 e. The fourth-order valence-electron chi connectivity index (χ4n) is 4.34. The number of benzene rings is 1. The third-order valence-electron chi connectivity index (χ3n) is 6.21. The van der Waals surface area contributed by atoms with Crippen molar-refractivity contribution in [2.45, 2.75) is 46.2 Å². The Hall–Kier alpha value is -2.79. The van der Waals surface area contributed by atoms with E-state index < -0.39 is 5.41 Å². The minimum absolute atomic E-state index is 0.0446. The molecule has 31 heavy (non-hydrogen) atoms. The summed E-state index contributed by atoms with van der Waals surface area (Å²) in [4.78, 5) is 24.3. The van der Waals surface area contributed by atoms with Gasteiger partial charge in [0.05, 0.1) is 17.3 Å². The van der Waals surface area contributed by atoms with Crippen molar-refractivity contribution in [1.29, 1.82) is 0 Å². The van der Waals surface area contributed by atoms with E-state index in [9.17, 15) is 4.79 Å². The van der Waals surface area contributed by atoms with Gasteiger partial charge >= 0.3 is 0 Å². The lowest BCUT2D eigenvalue weighted by Gasteiger charge is -2.37. The van der Waals surface area contributed by atoms with E-state index in [0.29, 0.717) is 5.92 Å². The number of pyridine rings is 2. The largest absolute Gasteiger partial charge is 0.347 e. The second-order valence-corrected chi connectivity index (χ2v) is 9.56. The Bertz CT molecular complexity index is 1020. The molecule has 1 aromatic carbocycles. The predicted octanol–water partition coefficient (Wildman–Crippen LogP) is 4.75. The zero-order valence-corrected chi connectivity index (χ0v) is 18.7. The first kappa shape index (κ1) is 21.4. The van der Waals surface area contributed by atoms with Crippen molar-refractivity contribution >= 4 is 16.8 Å². The summed E-state index contributed by atoms with van der Waals surface area (Å²) in [7, 11) is 0. The number of carbonyl (C=O) groups excluding carboxylic acids is 1. The Morgan fingerprint density at radius 1 is 1.03 bits per heavy atom. The van der Waals surface area contributed by atoms with Crippen LogP contribution in [0.3, 0.4) is 0 Å². The summed E-state index contributed by atoms with van der Waals surface area (Å²) >= 11 is 0. The molecule has 0 spiro atoms. The van der Waals surface area contributed by atoms with Crippen LogP contribution < -0.4 is 5.32 Å². The summed E-state index contributed by atoms with van der Waals surface area (Å²) in [6, 6.07) is 16.4. The van der Waals surface area contributed by atoms with Crippen molar-refractivity contribution in [3.8, 4) is 0 Å². The van der Waals surface area contributed by atoms with Gasteiger partial charge in [-0.2, -0.15) is 0 Å². The van der Waals surface area contributed by atoms with Gasteiger partial charge in [0, 0.05) is 29.7 Å². The van der Waals surface area contributed by atoms with Gasteiger partial charge in [-0.1, -0.05) is 45.0 Å². The van der Waals surface area contributed by atoms with Gasteiger partial charge in [0.15, 0.2) is 0 Å². The number of amides is 1. The molecule has 0 radical (unpaired) electrons. The minimum Gasteiger partial charge on any atom is -0.347 e. The number of fused-ring (bicyclic) bond motifs is 1. The molecule has 0 aliphatic carbocycles. The van der Waals surface area contributed by atoms with Crippen LogP contribution in [0.15, 0.2) is 60.9 Å². The molecule has 2 aromatic heterocycles. The molecule has 1 atom stereocenters. The highest BCUT2D eigenvalue weighted by molar-refractivity contribution is 5.82. The SMILES string of the molecule is CC(C)(C)C(=O)NC(c1ccccn1)C1CCN(Cc2cccc3ncccc23)CC1. The summed E-state index contributed by atoms with van der Waals surface area (Å²) in [6.45, 7) is 8.82. The number of nitrogens with zero attached hydrogens (tertiary/aromatic N) is 3. The van der Waals surface area contributed by atoms with E-state index in [1.165, 1.54) is 10.9 Å². The first-order valence-corrected chi connectivity index (χ1v) is 11.2. The molecule has 1 saturated heterocycles. The van der Waals surface area contributed by atoms with Crippen molar-refractivity contribution in [3.63, 3.8) is 0 Å². The number of aromatic nitrogens is 2. The molecular weight excluding hydrogens is 384 g/mol. The molecule has 5 nitrogen and oxygen atoms in total. The number of rotatable bonds is 5. The van der Waals surface area contributed by atoms with E-state index in [0.717, 1.165) is 43.7 Å². The molecule has 1 fully saturated rings. The van der Waals surface area contributed by atoms with Gasteiger partial charge in [0.25, 0.3) is 0 Å². The number of hydrogen-bond donors (Lipinski definition) is 1. The summed E-state index contributed by atoms with van der Waals surface area (Å²) in [5.41, 5.74) is 2.91. The quantitative estimate of drug-likeness (QED) is 0.652. The van der Waals surface area contributed by atoms with E-state index in [1.807, 2.05) is 57.4 Å². The second kappa shape index (κ2) is 9.15. The summed E-state index contributed by atoms with van der Waals surface area (Å²) < 4.78 is 0. The van der Waals surface area contributed by atoms with Crippen LogP contribution in [-0.4, -0.2) is 33.9 Å². The van der Waals surface area contributed by atoms with Crippen LogP contribution in [0.2, 0.25) is 0 Å². The molecule has 3 aromatic rings. The Kier molecular flexibility index (Phi) is 6.33. The molecule has 1 N–H and O–H groups in total. The van der Waals surface area contributed by atoms with Crippen LogP contribution in [0, 0.1) is 11.3 Å². The number of hydrogen-bond acceptors (Lipinski definition) is 4. The molecular formula is C26H32N4O. The zero-order valence-electron chi connectivity index (χ0n) is 18.7. The van der Waals surface area contributed by atoms with Gasteiger partial charge < -0.3 is 5.32 Å². The highest BCUT2D eigenvalue weighted by Gasteiger charge is 2.32. The molecule has 4 rings (SSSR count). The van der Waals surface area contributed by atoms with Crippen molar-refractivity contribution in [2.24, 2.45) is 11.3 Å². The molecule has 1 aliphatic heterocycles. The first-order chi connectivity index (χ1) is 14.9. The lowest BCUT2D eigenvalue weighted by molar-refractivity contribution is -0.129. The van der Waals surface area contributed by atoms with Crippen LogP contribution in [-0.2, 0) is 11.3 Å². The number of likely N-dealkylation sites (tertiary alicyclic amines) is 1. The van der Waals surface area contributed by atoms with E-state index >= 15 is 0 Å². The summed E-state index contributed by atoms with van der Waals surface area (Å²) in [5.74, 6) is 0.459. The smallest absolute Gasteiger partial charge is 0.225 e. The Morgan fingerprint density at radius 2 is 1.81 bits per heavy atom. The third kappa shape index (κ3) is 5.10. The van der Waals surface area contributed by atoms with Crippen molar-refractivity contribution in [3.05, 3.63) is 72.2 Å². The number of nitrogens with one attached hydrogen (secondary N) is 1. The Morgan fingerprint density at radius 3 is 2.52 bits per heavy atom. The number of piperidine rings is 1. The Balaban J connectivity index is 1.45. The zero-order chi connectivity index (χ0) is 21.8. The molecule has 0 bridgehead atoms. The van der Waals surface area contributed by atoms with Crippen LogP contribution >= 0.6 is 0 Å². The first-order valence-electron chi connectivity index (χ1n) is 11.2. The fourth-order valence-corrected chi connectivity index (χ4v) is 4.34. The van der Waals surface area contributed by atoms with Gasteiger partial charge in [-0.25, -0.2) is 0 Å². The van der Waals surface area contributed by atoms with Crippen LogP contribution in [0.5, 0.6) is 0 Å². The van der Waals surface area contributed by atoms with E-state index in [1.54, 1.807) is 0 Å². The monoisotopic (exact) mass is 416 g/mol. The molecule has 1 aliphatic rings. The van der Waals surface area contributed by atoms with Crippen LogP contribution in [0.4, 0.5) is 0 Å². The molecule has 1 unspecified atom stereocenters. The normalized spacial score (nSPS) is 16.9. The van der Waals surface area contributed by atoms with Gasteiger partial charge in [-0.05, 0) is 61.7 Å². The highest BCUT2D eigenvalue weighted by Crippen LogP contribution is 2.32. The van der Waals surface area contributed by atoms with E-state index in [2.05, 4.69) is 44.5 Å². The standard InChI is InChI=1S/C26H32N4O/c1-26(2,3)25(31)29-24(23-10-4-5-14-28-23)19-12-16-30(17-13-19)18-20-8-6-11-22-21(20)9-7-15-27-22/h4-11,14-15,19,24H,12-13,16-18H2,1-3H3,(H,29,31). The van der Waals surface area contributed by atoms with Gasteiger partial charge in [-0.3, -0.25) is 19.7 Å². The molecule has 3 heterocycles. The average Bonchev–Trinajstić information content (AvgIpc) is 2.78. The summed E-state index contributed by atoms with van der Waals surface area (Å²) in [6.07, 6.45) is 5.74. The molecule has 162 valence electrons. The minimum atomic E-state index is -0.421. The number of carbonyl (C=O) groups is 1. The van der Waals surface area contributed by atoms with Gasteiger partial charge in [0.1, 0.15) is 0 Å². The Labute approximate surface area is 184 Å². The van der Waals surface area contributed by atoms with Crippen LogP contribution in [0.1, 0.15) is 50.9 Å². The second-order valence-electron chi connectivity index (χ2n) is 9.56. The maximum absolute atomic E-state index is 12.8. The maximum atomic E-state index is 12.8. The predicted molar refractivity (Wildman–Crippen MR) is 124 cm³/mol. The third-order valence-corrected chi connectivity index (χ3v) is 6.21. The van der Waals surface area contributed by atoms with Crippen molar-refractivity contribution in [1.82, 2.24) is 20.2 Å². The fraction of sp³-hybridized carbons (Fsp3) is 0.423. The van der Waals surface area contributed by atoms with Crippen molar-refractivity contribution in [2.75, 3.05) is 13.1 Å².